The minimum Gasteiger partial charge on any atom is -0.715 e. The average molecular weight is 267 g/mol. The normalized spacial score (nSPS) is 11.1. The zero-order valence-corrected chi connectivity index (χ0v) is 12.3. The zero-order valence-electron chi connectivity index (χ0n) is 8.32. The molecule has 0 saturated carbocycles. The SMILES string of the molecule is O=S(=O)([O-])On1cc(O)c2ccccc21.[K+]. The topological polar surface area (TPSA) is 91.6 Å². The van der Waals surface area contributed by atoms with Crippen molar-refractivity contribution in [1.29, 1.82) is 0 Å². The van der Waals surface area contributed by atoms with Crippen molar-refractivity contribution in [3.63, 3.8) is 0 Å². The fourth-order valence-electron chi connectivity index (χ4n) is 1.29. The Hall–Kier alpha value is -0.0936. The van der Waals surface area contributed by atoms with Crippen molar-refractivity contribution in [2.24, 2.45) is 0 Å². The van der Waals surface area contributed by atoms with Gasteiger partial charge in [-0.3, -0.25) is 4.28 Å². The number of nitrogens with zero attached hydrogens (tertiary/aromatic N) is 1. The molecule has 0 saturated heterocycles. The Bertz CT molecular complexity index is 606. The van der Waals surface area contributed by atoms with Crippen molar-refractivity contribution in [3.05, 3.63) is 30.5 Å². The molecule has 2 rings (SSSR count). The summed E-state index contributed by atoms with van der Waals surface area (Å²) in [7, 11) is -4.85. The van der Waals surface area contributed by atoms with Crippen LogP contribution in [0.3, 0.4) is 0 Å². The number of hydrogen-bond donors (Lipinski definition) is 1. The van der Waals surface area contributed by atoms with Gasteiger partial charge in [0.15, 0.2) is 0 Å². The third-order valence-electron chi connectivity index (χ3n) is 1.83. The molecule has 0 amide bonds. The van der Waals surface area contributed by atoms with Crippen molar-refractivity contribution in [1.82, 2.24) is 4.73 Å². The first-order valence-corrected chi connectivity index (χ1v) is 5.25. The molecule has 1 N–H and O–H groups in total. The van der Waals surface area contributed by atoms with Crippen molar-refractivity contribution < 1.29 is 73.7 Å². The predicted octanol–water partition coefficient (Wildman–Crippen LogP) is -2.76. The number of benzene rings is 1. The van der Waals surface area contributed by atoms with E-state index in [9.17, 15) is 18.1 Å². The third kappa shape index (κ3) is 2.97. The first kappa shape index (κ1) is 14.0. The summed E-state index contributed by atoms with van der Waals surface area (Å²) in [6, 6.07) is 6.37. The van der Waals surface area contributed by atoms with E-state index in [0.717, 1.165) is 6.20 Å². The maximum Gasteiger partial charge on any atom is 1.00 e. The van der Waals surface area contributed by atoms with Gasteiger partial charge in [-0.1, -0.05) is 12.1 Å². The van der Waals surface area contributed by atoms with Gasteiger partial charge in [-0.05, 0) is 12.1 Å². The Balaban J connectivity index is 0.00000128. The summed E-state index contributed by atoms with van der Waals surface area (Å²) >= 11 is 0. The van der Waals surface area contributed by atoms with E-state index in [2.05, 4.69) is 4.28 Å². The summed E-state index contributed by atoms with van der Waals surface area (Å²) in [5.74, 6) is -0.158. The van der Waals surface area contributed by atoms with Crippen LogP contribution in [0.15, 0.2) is 30.5 Å². The Morgan fingerprint density at radius 2 is 1.94 bits per heavy atom. The standard InChI is InChI=1S/C8H7NO5S.K/c10-8-5-9(14-15(11,12)13)7-4-2-1-3-6(7)8;/h1-5,10H,(H,11,12,13);/q;+1/p-1. The Morgan fingerprint density at radius 3 is 2.56 bits per heavy atom. The molecular weight excluding hydrogens is 261 g/mol. The van der Waals surface area contributed by atoms with Gasteiger partial charge in [-0.2, -0.15) is 13.1 Å². The van der Waals surface area contributed by atoms with Crippen LogP contribution in [0.25, 0.3) is 10.9 Å². The van der Waals surface area contributed by atoms with Crippen LogP contribution in [-0.4, -0.2) is 22.8 Å². The number of para-hydroxylation sites is 1. The van der Waals surface area contributed by atoms with Gasteiger partial charge in [-0.25, -0.2) is 0 Å². The molecule has 0 radical (unpaired) electrons. The molecule has 6 nitrogen and oxygen atoms in total. The maximum atomic E-state index is 10.4. The largest absolute Gasteiger partial charge is 1.00 e. The van der Waals surface area contributed by atoms with E-state index in [1.165, 1.54) is 6.07 Å². The van der Waals surface area contributed by atoms with Crippen LogP contribution < -0.4 is 55.7 Å². The van der Waals surface area contributed by atoms with Gasteiger partial charge >= 0.3 is 51.4 Å². The second kappa shape index (κ2) is 5.04. The van der Waals surface area contributed by atoms with Gasteiger partial charge < -0.3 is 9.66 Å². The minimum absolute atomic E-state index is 0. The fourth-order valence-corrected chi connectivity index (χ4v) is 1.61. The second-order valence-electron chi connectivity index (χ2n) is 2.84. The van der Waals surface area contributed by atoms with Crippen molar-refractivity contribution in [3.8, 4) is 5.75 Å². The van der Waals surface area contributed by atoms with Crippen LogP contribution in [0, 0.1) is 0 Å². The molecule has 0 aliphatic carbocycles. The molecule has 0 aliphatic heterocycles. The van der Waals surface area contributed by atoms with Crippen LogP contribution in [0.4, 0.5) is 0 Å². The van der Waals surface area contributed by atoms with Crippen LogP contribution in [0.1, 0.15) is 0 Å². The molecule has 1 aromatic heterocycles. The van der Waals surface area contributed by atoms with E-state index < -0.39 is 10.4 Å². The summed E-state index contributed by atoms with van der Waals surface area (Å²) < 4.78 is 35.9. The molecular formula is C8H6KNO5S. The number of hydrogen-bond acceptors (Lipinski definition) is 5. The van der Waals surface area contributed by atoms with E-state index in [1.54, 1.807) is 18.2 Å². The molecule has 0 atom stereocenters. The predicted molar refractivity (Wildman–Crippen MR) is 49.9 cm³/mol. The minimum atomic E-state index is -4.85. The summed E-state index contributed by atoms with van der Waals surface area (Å²) in [5, 5.41) is 9.80. The Morgan fingerprint density at radius 1 is 1.31 bits per heavy atom. The summed E-state index contributed by atoms with van der Waals surface area (Å²) in [6.45, 7) is 0. The van der Waals surface area contributed by atoms with E-state index in [-0.39, 0.29) is 57.1 Å². The zero-order chi connectivity index (χ0) is 11.1. The van der Waals surface area contributed by atoms with Gasteiger partial charge in [0.25, 0.3) is 10.4 Å². The Labute approximate surface area is 134 Å². The monoisotopic (exact) mass is 267 g/mol. The quantitative estimate of drug-likeness (QED) is 0.361. The molecule has 0 bridgehead atoms. The summed E-state index contributed by atoms with van der Waals surface area (Å²) in [6.07, 6.45) is 1.01. The molecule has 80 valence electrons. The smallest absolute Gasteiger partial charge is 0.715 e. The maximum absolute atomic E-state index is 10.4. The number of fused-ring (bicyclic) bond motifs is 1. The number of aromatic hydroxyl groups is 1. The van der Waals surface area contributed by atoms with Crippen molar-refractivity contribution in [2.45, 2.75) is 0 Å². The molecule has 0 spiro atoms. The number of aromatic nitrogens is 1. The summed E-state index contributed by atoms with van der Waals surface area (Å²) in [4.78, 5) is 0. The molecule has 1 heterocycles. The second-order valence-corrected chi connectivity index (χ2v) is 3.81. The molecule has 1 aromatic carbocycles. The van der Waals surface area contributed by atoms with Crippen LogP contribution in [0.5, 0.6) is 5.75 Å². The van der Waals surface area contributed by atoms with E-state index in [4.69, 9.17) is 0 Å². The average Bonchev–Trinajstić information content (AvgIpc) is 2.42. The first-order valence-electron chi connectivity index (χ1n) is 3.92. The third-order valence-corrected chi connectivity index (χ3v) is 2.17. The molecule has 2 aromatic rings. The fraction of sp³-hybridized carbons (Fsp3) is 0. The van der Waals surface area contributed by atoms with Crippen LogP contribution >= 0.6 is 0 Å². The van der Waals surface area contributed by atoms with Gasteiger partial charge in [0.05, 0.1) is 11.7 Å². The van der Waals surface area contributed by atoms with Gasteiger partial charge in [0.2, 0.25) is 0 Å². The molecule has 8 heteroatoms. The van der Waals surface area contributed by atoms with E-state index >= 15 is 0 Å². The molecule has 0 fully saturated rings. The van der Waals surface area contributed by atoms with E-state index in [1.807, 2.05) is 0 Å². The van der Waals surface area contributed by atoms with Crippen molar-refractivity contribution in [2.75, 3.05) is 0 Å². The van der Waals surface area contributed by atoms with Crippen molar-refractivity contribution >= 4 is 21.3 Å². The Kier molecular flexibility index (Phi) is 4.40. The number of rotatable bonds is 2. The van der Waals surface area contributed by atoms with Crippen LogP contribution in [0.2, 0.25) is 0 Å². The molecule has 0 aliphatic rings. The van der Waals surface area contributed by atoms with Gasteiger partial charge in [-0.15, -0.1) is 0 Å². The molecule has 0 unspecified atom stereocenters. The van der Waals surface area contributed by atoms with E-state index in [0.29, 0.717) is 15.6 Å². The van der Waals surface area contributed by atoms with Crippen LogP contribution in [-0.2, 0) is 10.4 Å². The first-order chi connectivity index (χ1) is 6.97. The molecule has 16 heavy (non-hydrogen) atoms. The van der Waals surface area contributed by atoms with Gasteiger partial charge in [0.1, 0.15) is 5.75 Å². The summed E-state index contributed by atoms with van der Waals surface area (Å²) in [5.41, 5.74) is 0.300. The van der Waals surface area contributed by atoms with Gasteiger partial charge in [0, 0.05) is 5.39 Å².